The van der Waals surface area contributed by atoms with Gasteiger partial charge in [-0.05, 0) is 48.7 Å². The summed E-state index contributed by atoms with van der Waals surface area (Å²) in [6.07, 6.45) is 0. The molecule has 1 atom stereocenters. The Morgan fingerprint density at radius 2 is 2.00 bits per heavy atom. The smallest absolute Gasteiger partial charge is 0.122 e. The van der Waals surface area contributed by atoms with Gasteiger partial charge >= 0.3 is 0 Å². The fraction of sp³-hybridized carbons (Fsp3) is 0.294. The molecule has 1 aliphatic heterocycles. The Kier molecular flexibility index (Phi) is 3.62. The molecular formula is C17H19NOS. The van der Waals surface area contributed by atoms with Crippen LogP contribution < -0.4 is 10.5 Å². The summed E-state index contributed by atoms with van der Waals surface area (Å²) in [4.78, 5) is 1.39. The lowest BCUT2D eigenvalue weighted by atomic mass is 10.0. The van der Waals surface area contributed by atoms with E-state index >= 15 is 0 Å². The summed E-state index contributed by atoms with van der Waals surface area (Å²) < 4.78 is 6.04. The lowest BCUT2D eigenvalue weighted by Crippen LogP contribution is -2.10. The fourth-order valence-corrected chi connectivity index (χ4v) is 3.76. The van der Waals surface area contributed by atoms with Gasteiger partial charge in [0, 0.05) is 22.3 Å². The minimum atomic E-state index is 0.480. The molecule has 3 rings (SSSR count). The number of thioether (sulfide) groups is 1. The molecule has 1 aliphatic rings. The summed E-state index contributed by atoms with van der Waals surface area (Å²) in [6, 6.07) is 12.6. The largest absolute Gasteiger partial charge is 0.493 e. The molecule has 104 valence electrons. The number of anilines is 1. The van der Waals surface area contributed by atoms with E-state index in [0.29, 0.717) is 5.92 Å². The van der Waals surface area contributed by atoms with E-state index in [-0.39, 0.29) is 0 Å². The first-order valence-corrected chi connectivity index (χ1v) is 7.85. The zero-order chi connectivity index (χ0) is 14.1. The van der Waals surface area contributed by atoms with Crippen molar-refractivity contribution in [3.05, 3.63) is 53.1 Å². The normalized spacial score (nSPS) is 17.0. The molecule has 0 amide bonds. The molecular weight excluding hydrogens is 266 g/mol. The average molecular weight is 285 g/mol. The van der Waals surface area contributed by atoms with E-state index in [2.05, 4.69) is 24.3 Å². The molecule has 20 heavy (non-hydrogen) atoms. The molecule has 0 saturated carbocycles. The van der Waals surface area contributed by atoms with E-state index in [4.69, 9.17) is 10.5 Å². The summed E-state index contributed by atoms with van der Waals surface area (Å²) >= 11 is 1.92. The minimum absolute atomic E-state index is 0.480. The van der Waals surface area contributed by atoms with Gasteiger partial charge < -0.3 is 10.5 Å². The summed E-state index contributed by atoms with van der Waals surface area (Å²) in [7, 11) is 0. The van der Waals surface area contributed by atoms with Crippen molar-refractivity contribution in [1.29, 1.82) is 0 Å². The molecule has 3 heteroatoms. The summed E-state index contributed by atoms with van der Waals surface area (Å²) in [5.74, 6) is 2.53. The standard InChI is InChI=1S/C17H19NOS/c1-11-8-16(12(2)7-15(11)18)19-9-13-10-20-17-6-4-3-5-14(13)17/h3-8,13H,9-10,18H2,1-2H3. The van der Waals surface area contributed by atoms with Crippen molar-refractivity contribution in [1.82, 2.24) is 0 Å². The van der Waals surface area contributed by atoms with E-state index in [1.54, 1.807) is 0 Å². The van der Waals surface area contributed by atoms with Crippen LogP contribution in [0.25, 0.3) is 0 Å². The number of ether oxygens (including phenoxy) is 1. The summed E-state index contributed by atoms with van der Waals surface area (Å²) in [5.41, 5.74) is 10.3. The van der Waals surface area contributed by atoms with Crippen LogP contribution in [-0.4, -0.2) is 12.4 Å². The van der Waals surface area contributed by atoms with Crippen LogP contribution in [0.5, 0.6) is 5.75 Å². The van der Waals surface area contributed by atoms with E-state index in [9.17, 15) is 0 Å². The Hall–Kier alpha value is -1.61. The molecule has 0 bridgehead atoms. The predicted molar refractivity (Wildman–Crippen MR) is 85.7 cm³/mol. The molecule has 0 aliphatic carbocycles. The van der Waals surface area contributed by atoms with Crippen LogP contribution >= 0.6 is 11.8 Å². The first-order chi connectivity index (χ1) is 9.65. The van der Waals surface area contributed by atoms with Crippen LogP contribution in [0.1, 0.15) is 22.6 Å². The van der Waals surface area contributed by atoms with Crippen LogP contribution in [0.3, 0.4) is 0 Å². The lowest BCUT2D eigenvalue weighted by molar-refractivity contribution is 0.296. The SMILES string of the molecule is Cc1cc(OCC2CSc3ccccc32)c(C)cc1N. The van der Waals surface area contributed by atoms with Gasteiger partial charge in [-0.25, -0.2) is 0 Å². The highest BCUT2D eigenvalue weighted by atomic mass is 32.2. The zero-order valence-electron chi connectivity index (χ0n) is 11.8. The van der Waals surface area contributed by atoms with E-state index in [1.165, 1.54) is 10.5 Å². The Morgan fingerprint density at radius 1 is 1.20 bits per heavy atom. The van der Waals surface area contributed by atoms with Gasteiger partial charge in [0.2, 0.25) is 0 Å². The molecule has 0 radical (unpaired) electrons. The number of hydrogen-bond acceptors (Lipinski definition) is 3. The first kappa shape index (κ1) is 13.4. The maximum absolute atomic E-state index is 6.04. The summed E-state index contributed by atoms with van der Waals surface area (Å²) in [5, 5.41) is 0. The van der Waals surface area contributed by atoms with Crippen molar-refractivity contribution in [2.75, 3.05) is 18.1 Å². The van der Waals surface area contributed by atoms with Gasteiger partial charge in [0.25, 0.3) is 0 Å². The number of hydrogen-bond donors (Lipinski definition) is 1. The van der Waals surface area contributed by atoms with Crippen LogP contribution in [0.2, 0.25) is 0 Å². The lowest BCUT2D eigenvalue weighted by Gasteiger charge is -2.15. The zero-order valence-corrected chi connectivity index (χ0v) is 12.7. The molecule has 1 heterocycles. The Balaban J connectivity index is 1.74. The molecule has 1 unspecified atom stereocenters. The molecule has 0 fully saturated rings. The van der Waals surface area contributed by atoms with Gasteiger partial charge in [-0.2, -0.15) is 0 Å². The van der Waals surface area contributed by atoms with E-state index < -0.39 is 0 Å². The number of benzene rings is 2. The second kappa shape index (κ2) is 5.41. The van der Waals surface area contributed by atoms with Crippen LogP contribution in [0.4, 0.5) is 5.69 Å². The van der Waals surface area contributed by atoms with Gasteiger partial charge in [0.1, 0.15) is 5.75 Å². The predicted octanol–water partition coefficient (Wildman–Crippen LogP) is 4.15. The highest BCUT2D eigenvalue weighted by Crippen LogP contribution is 2.39. The second-order valence-electron chi connectivity index (χ2n) is 5.33. The number of aryl methyl sites for hydroxylation is 2. The number of fused-ring (bicyclic) bond motifs is 1. The van der Waals surface area contributed by atoms with Gasteiger partial charge in [0.15, 0.2) is 0 Å². The van der Waals surface area contributed by atoms with Crippen molar-refractivity contribution in [2.45, 2.75) is 24.7 Å². The van der Waals surface area contributed by atoms with Crippen molar-refractivity contribution >= 4 is 17.4 Å². The molecule has 0 aromatic heterocycles. The first-order valence-electron chi connectivity index (χ1n) is 6.86. The fourth-order valence-electron chi connectivity index (χ4n) is 2.53. The van der Waals surface area contributed by atoms with Crippen molar-refractivity contribution < 1.29 is 4.74 Å². The molecule has 2 aromatic rings. The topological polar surface area (TPSA) is 35.2 Å². The van der Waals surface area contributed by atoms with Crippen LogP contribution in [0, 0.1) is 13.8 Å². The molecule has 0 spiro atoms. The van der Waals surface area contributed by atoms with Crippen molar-refractivity contribution in [3.8, 4) is 5.75 Å². The highest BCUT2D eigenvalue weighted by Gasteiger charge is 2.23. The minimum Gasteiger partial charge on any atom is -0.493 e. The maximum Gasteiger partial charge on any atom is 0.122 e. The Morgan fingerprint density at radius 3 is 2.85 bits per heavy atom. The average Bonchev–Trinajstić information content (AvgIpc) is 2.85. The quantitative estimate of drug-likeness (QED) is 0.860. The number of nitrogens with two attached hydrogens (primary N) is 1. The highest BCUT2D eigenvalue weighted by molar-refractivity contribution is 7.99. The summed E-state index contributed by atoms with van der Waals surface area (Å²) in [6.45, 7) is 4.79. The molecule has 0 saturated heterocycles. The third-order valence-electron chi connectivity index (χ3n) is 3.80. The van der Waals surface area contributed by atoms with E-state index in [0.717, 1.165) is 34.9 Å². The molecule has 2 nitrogen and oxygen atoms in total. The van der Waals surface area contributed by atoms with Gasteiger partial charge in [-0.1, -0.05) is 18.2 Å². The molecule has 2 aromatic carbocycles. The van der Waals surface area contributed by atoms with Gasteiger partial charge in [-0.15, -0.1) is 11.8 Å². The second-order valence-corrected chi connectivity index (χ2v) is 6.39. The van der Waals surface area contributed by atoms with Crippen molar-refractivity contribution in [2.24, 2.45) is 0 Å². The Labute approximate surface area is 124 Å². The van der Waals surface area contributed by atoms with E-state index in [1.807, 2.05) is 37.7 Å². The van der Waals surface area contributed by atoms with Gasteiger partial charge in [0.05, 0.1) is 6.61 Å². The third-order valence-corrected chi connectivity index (χ3v) is 5.05. The van der Waals surface area contributed by atoms with Crippen LogP contribution in [-0.2, 0) is 0 Å². The van der Waals surface area contributed by atoms with Crippen molar-refractivity contribution in [3.63, 3.8) is 0 Å². The number of rotatable bonds is 3. The maximum atomic E-state index is 6.04. The monoisotopic (exact) mass is 285 g/mol. The van der Waals surface area contributed by atoms with Crippen LogP contribution in [0.15, 0.2) is 41.3 Å². The molecule has 2 N–H and O–H groups in total. The Bertz CT molecular complexity index is 639. The van der Waals surface area contributed by atoms with Gasteiger partial charge in [-0.3, -0.25) is 0 Å². The third kappa shape index (κ3) is 2.50. The number of nitrogen functional groups attached to an aromatic ring is 1.